The maximum absolute atomic E-state index is 12.7. The molecule has 1 aromatic heterocycles. The highest BCUT2D eigenvalue weighted by atomic mass is 16.5. The SMILES string of the molecule is COC[C@H](C)Oc1cc(C#CC(C)(C)C)cc(C(=O)Nc2cnc(C)cn2)c1. The molecule has 0 fully saturated rings. The number of aromatic nitrogens is 2. The van der Waals surface area contributed by atoms with Crippen molar-refractivity contribution < 1.29 is 14.3 Å². The number of hydrogen-bond donors (Lipinski definition) is 1. The average Bonchev–Trinajstić information content (AvgIpc) is 2.61. The topological polar surface area (TPSA) is 73.3 Å². The van der Waals surface area contributed by atoms with E-state index >= 15 is 0 Å². The van der Waals surface area contributed by atoms with Crippen LogP contribution in [0.1, 0.15) is 49.3 Å². The van der Waals surface area contributed by atoms with Crippen LogP contribution >= 0.6 is 0 Å². The Bertz CT molecular complexity index is 875. The molecule has 0 unspecified atom stereocenters. The summed E-state index contributed by atoms with van der Waals surface area (Å²) in [4.78, 5) is 21.0. The lowest BCUT2D eigenvalue weighted by Crippen LogP contribution is -2.19. The van der Waals surface area contributed by atoms with Crippen LogP contribution in [0.15, 0.2) is 30.6 Å². The van der Waals surface area contributed by atoms with Crippen LogP contribution in [0, 0.1) is 24.2 Å². The molecule has 0 bridgehead atoms. The third kappa shape index (κ3) is 7.01. The standard InChI is InChI=1S/C22H27N3O3/c1-15-12-24-20(13-23-15)25-21(26)18-9-17(7-8-22(3,4)5)10-19(11-18)28-16(2)14-27-6/h9-13,16H,14H2,1-6H3,(H,24,25,26)/t16-/m0/s1. The molecule has 148 valence electrons. The van der Waals surface area contributed by atoms with E-state index in [1.165, 1.54) is 6.20 Å². The predicted molar refractivity (Wildman–Crippen MR) is 109 cm³/mol. The maximum Gasteiger partial charge on any atom is 0.257 e. The number of ether oxygens (including phenoxy) is 2. The first-order valence-electron chi connectivity index (χ1n) is 9.10. The molecule has 1 aromatic carbocycles. The number of hydrogen-bond acceptors (Lipinski definition) is 5. The summed E-state index contributed by atoms with van der Waals surface area (Å²) in [6, 6.07) is 5.25. The molecule has 0 saturated heterocycles. The van der Waals surface area contributed by atoms with Gasteiger partial charge in [-0.05, 0) is 52.8 Å². The summed E-state index contributed by atoms with van der Waals surface area (Å²) in [6.07, 6.45) is 2.96. The zero-order chi connectivity index (χ0) is 20.7. The minimum Gasteiger partial charge on any atom is -0.488 e. The van der Waals surface area contributed by atoms with Crippen molar-refractivity contribution in [3.8, 4) is 17.6 Å². The number of amides is 1. The monoisotopic (exact) mass is 381 g/mol. The van der Waals surface area contributed by atoms with E-state index in [-0.39, 0.29) is 17.4 Å². The summed E-state index contributed by atoms with van der Waals surface area (Å²) in [5, 5.41) is 2.75. The number of carbonyl (C=O) groups excluding carboxylic acids is 1. The van der Waals surface area contributed by atoms with Gasteiger partial charge in [0.1, 0.15) is 11.9 Å². The number of methoxy groups -OCH3 is 1. The van der Waals surface area contributed by atoms with Crippen molar-refractivity contribution in [1.29, 1.82) is 0 Å². The normalized spacial score (nSPS) is 11.9. The van der Waals surface area contributed by atoms with E-state index in [1.54, 1.807) is 25.4 Å². The van der Waals surface area contributed by atoms with E-state index in [1.807, 2.05) is 40.7 Å². The highest BCUT2D eigenvalue weighted by Gasteiger charge is 2.13. The molecule has 1 heterocycles. The van der Waals surface area contributed by atoms with Crippen LogP contribution in [-0.2, 0) is 4.74 Å². The third-order valence-corrected chi connectivity index (χ3v) is 3.51. The molecule has 2 aromatic rings. The van der Waals surface area contributed by atoms with Crippen molar-refractivity contribution in [3.63, 3.8) is 0 Å². The molecule has 0 aliphatic heterocycles. The van der Waals surface area contributed by atoms with Gasteiger partial charge >= 0.3 is 0 Å². The fourth-order valence-corrected chi connectivity index (χ4v) is 2.28. The Morgan fingerprint density at radius 1 is 1.21 bits per heavy atom. The lowest BCUT2D eigenvalue weighted by molar-refractivity contribution is 0.0917. The van der Waals surface area contributed by atoms with Crippen LogP contribution in [0.3, 0.4) is 0 Å². The van der Waals surface area contributed by atoms with Crippen molar-refractivity contribution in [1.82, 2.24) is 9.97 Å². The van der Waals surface area contributed by atoms with Crippen molar-refractivity contribution in [2.24, 2.45) is 5.41 Å². The summed E-state index contributed by atoms with van der Waals surface area (Å²) >= 11 is 0. The molecule has 6 nitrogen and oxygen atoms in total. The number of nitrogens with one attached hydrogen (secondary N) is 1. The number of rotatable bonds is 6. The first-order valence-corrected chi connectivity index (χ1v) is 9.10. The third-order valence-electron chi connectivity index (χ3n) is 3.51. The minimum absolute atomic E-state index is 0.153. The van der Waals surface area contributed by atoms with E-state index in [9.17, 15) is 4.79 Å². The second-order valence-electron chi connectivity index (χ2n) is 7.63. The maximum atomic E-state index is 12.7. The summed E-state index contributed by atoms with van der Waals surface area (Å²) in [7, 11) is 1.62. The molecule has 0 aliphatic carbocycles. The fourth-order valence-electron chi connectivity index (χ4n) is 2.28. The summed E-state index contributed by atoms with van der Waals surface area (Å²) in [6.45, 7) is 10.3. The van der Waals surface area contributed by atoms with Crippen molar-refractivity contribution in [3.05, 3.63) is 47.4 Å². The fraction of sp³-hybridized carbons (Fsp3) is 0.409. The second kappa shape index (κ2) is 9.34. The van der Waals surface area contributed by atoms with Crippen molar-refractivity contribution in [2.75, 3.05) is 19.0 Å². The molecule has 6 heteroatoms. The molecular weight excluding hydrogens is 354 g/mol. The smallest absolute Gasteiger partial charge is 0.257 e. The quantitative estimate of drug-likeness (QED) is 0.770. The molecule has 0 aliphatic rings. The lowest BCUT2D eigenvalue weighted by Gasteiger charge is -2.15. The van der Waals surface area contributed by atoms with Crippen LogP contribution in [0.4, 0.5) is 5.82 Å². The first-order chi connectivity index (χ1) is 13.2. The Morgan fingerprint density at radius 2 is 1.96 bits per heavy atom. The van der Waals surface area contributed by atoms with Crippen LogP contribution in [-0.4, -0.2) is 35.7 Å². The van der Waals surface area contributed by atoms with Gasteiger partial charge in [-0.3, -0.25) is 9.78 Å². The highest BCUT2D eigenvalue weighted by Crippen LogP contribution is 2.20. The van der Waals surface area contributed by atoms with E-state index in [0.717, 1.165) is 5.69 Å². The molecule has 0 saturated carbocycles. The van der Waals surface area contributed by atoms with Gasteiger partial charge in [-0.2, -0.15) is 0 Å². The van der Waals surface area contributed by atoms with Crippen LogP contribution in [0.5, 0.6) is 5.75 Å². The summed E-state index contributed by atoms with van der Waals surface area (Å²) in [5.41, 5.74) is 1.76. The molecular formula is C22H27N3O3. The van der Waals surface area contributed by atoms with Crippen LogP contribution < -0.4 is 10.1 Å². The first kappa shape index (κ1) is 21.4. The van der Waals surface area contributed by atoms with Gasteiger partial charge in [0.2, 0.25) is 0 Å². The Labute approximate surface area is 166 Å². The minimum atomic E-state index is -0.304. The van der Waals surface area contributed by atoms with Gasteiger partial charge in [-0.1, -0.05) is 11.8 Å². The average molecular weight is 381 g/mol. The molecule has 1 atom stereocenters. The zero-order valence-electron chi connectivity index (χ0n) is 17.3. The van der Waals surface area contributed by atoms with Gasteiger partial charge in [-0.25, -0.2) is 4.98 Å². The van der Waals surface area contributed by atoms with Gasteiger partial charge in [-0.15, -0.1) is 0 Å². The lowest BCUT2D eigenvalue weighted by atomic mass is 9.97. The number of aryl methyl sites for hydroxylation is 1. The molecule has 28 heavy (non-hydrogen) atoms. The largest absolute Gasteiger partial charge is 0.488 e. The Balaban J connectivity index is 2.32. The Morgan fingerprint density at radius 3 is 2.57 bits per heavy atom. The number of benzene rings is 1. The van der Waals surface area contributed by atoms with Crippen molar-refractivity contribution >= 4 is 11.7 Å². The van der Waals surface area contributed by atoms with Gasteiger partial charge in [0.15, 0.2) is 5.82 Å². The van der Waals surface area contributed by atoms with E-state index in [2.05, 4.69) is 27.1 Å². The zero-order valence-corrected chi connectivity index (χ0v) is 17.3. The summed E-state index contributed by atoms with van der Waals surface area (Å²) < 4.78 is 11.0. The van der Waals surface area contributed by atoms with Gasteiger partial charge in [0, 0.05) is 23.7 Å². The van der Waals surface area contributed by atoms with Crippen molar-refractivity contribution in [2.45, 2.75) is 40.7 Å². The number of nitrogens with zero attached hydrogens (tertiary/aromatic N) is 2. The van der Waals surface area contributed by atoms with Gasteiger partial charge in [0.05, 0.1) is 24.7 Å². The molecule has 0 radical (unpaired) electrons. The molecule has 0 spiro atoms. The van der Waals surface area contributed by atoms with E-state index in [0.29, 0.717) is 29.3 Å². The van der Waals surface area contributed by atoms with Crippen LogP contribution in [0.2, 0.25) is 0 Å². The molecule has 1 amide bonds. The number of anilines is 1. The second-order valence-corrected chi connectivity index (χ2v) is 7.63. The molecule has 1 N–H and O–H groups in total. The predicted octanol–water partition coefficient (Wildman–Crippen LogP) is 3.85. The number of carbonyl (C=O) groups is 1. The van der Waals surface area contributed by atoms with Gasteiger partial charge < -0.3 is 14.8 Å². The van der Waals surface area contributed by atoms with E-state index in [4.69, 9.17) is 9.47 Å². The van der Waals surface area contributed by atoms with E-state index < -0.39 is 0 Å². The Kier molecular flexibility index (Phi) is 7.13. The molecule has 2 rings (SSSR count). The highest BCUT2D eigenvalue weighted by molar-refractivity contribution is 6.04. The Hall–Kier alpha value is -2.91. The summed E-state index contributed by atoms with van der Waals surface area (Å²) in [5.74, 6) is 6.95. The van der Waals surface area contributed by atoms with Crippen LogP contribution in [0.25, 0.3) is 0 Å². The van der Waals surface area contributed by atoms with Gasteiger partial charge in [0.25, 0.3) is 5.91 Å².